The summed E-state index contributed by atoms with van der Waals surface area (Å²) in [6, 6.07) is 0. The van der Waals surface area contributed by atoms with Crippen LogP contribution in [0.2, 0.25) is 0 Å². The lowest BCUT2D eigenvalue weighted by Crippen LogP contribution is -2.52. The van der Waals surface area contributed by atoms with E-state index in [4.69, 9.17) is 9.47 Å². The van der Waals surface area contributed by atoms with Crippen LogP contribution in [0, 0.1) is 17.3 Å². The van der Waals surface area contributed by atoms with Gasteiger partial charge in [-0.2, -0.15) is 0 Å². The molecule has 0 aromatic carbocycles. The van der Waals surface area contributed by atoms with Crippen molar-refractivity contribution in [3.8, 4) is 0 Å². The first-order valence-corrected chi connectivity index (χ1v) is 13.3. The predicted molar refractivity (Wildman–Crippen MR) is 121 cm³/mol. The van der Waals surface area contributed by atoms with E-state index < -0.39 is 5.79 Å². The summed E-state index contributed by atoms with van der Waals surface area (Å²) in [4.78, 5) is 12.4. The van der Waals surface area contributed by atoms with Gasteiger partial charge in [-0.25, -0.2) is 0 Å². The Balaban J connectivity index is 1.59. The number of hydrogen-bond donors (Lipinski definition) is 0. The molecule has 0 bridgehead atoms. The molecule has 0 amide bonds. The molecule has 160 valence electrons. The smallest absolute Gasteiger partial charge is 0.173 e. The zero-order valence-electron chi connectivity index (χ0n) is 17.9. The zero-order valence-corrected chi connectivity index (χ0v) is 19.5. The molecule has 2 heterocycles. The standard InChI is InChI=1S/C23H38O3S2/c1-4-5-6-7-8-9-19(24)11-10-18-12-13-23(20(18)21-27-14-15-28-21)25-16-22(2,3)17-26-23/h10-11,18,20-21H,4-9,12-17H2,1-3H3/t18-,20-/m0/s1. The van der Waals surface area contributed by atoms with Gasteiger partial charge in [-0.3, -0.25) is 4.79 Å². The van der Waals surface area contributed by atoms with Crippen LogP contribution in [0.1, 0.15) is 72.1 Å². The van der Waals surface area contributed by atoms with Gasteiger partial charge in [0, 0.05) is 35.7 Å². The molecule has 3 fully saturated rings. The average Bonchev–Trinajstić information content (AvgIpc) is 3.30. The van der Waals surface area contributed by atoms with Gasteiger partial charge in [0.05, 0.1) is 17.8 Å². The molecule has 0 radical (unpaired) electrons. The van der Waals surface area contributed by atoms with Gasteiger partial charge in [0.15, 0.2) is 11.6 Å². The van der Waals surface area contributed by atoms with E-state index in [2.05, 4.69) is 50.4 Å². The van der Waals surface area contributed by atoms with Crippen molar-refractivity contribution in [1.82, 2.24) is 0 Å². The predicted octanol–water partition coefficient (Wildman–Crippen LogP) is 6.07. The molecule has 1 aliphatic carbocycles. The number of rotatable bonds is 9. The first-order valence-electron chi connectivity index (χ1n) is 11.2. The Kier molecular flexibility index (Phi) is 8.41. The molecule has 1 spiro atoms. The van der Waals surface area contributed by atoms with Crippen molar-refractivity contribution < 1.29 is 14.3 Å². The van der Waals surface area contributed by atoms with Crippen molar-refractivity contribution in [1.29, 1.82) is 0 Å². The van der Waals surface area contributed by atoms with Crippen molar-refractivity contribution in [3.63, 3.8) is 0 Å². The fraction of sp³-hybridized carbons (Fsp3) is 0.870. The minimum Gasteiger partial charge on any atom is -0.349 e. The molecule has 2 aliphatic heterocycles. The van der Waals surface area contributed by atoms with Gasteiger partial charge in [-0.15, -0.1) is 23.5 Å². The van der Waals surface area contributed by atoms with E-state index in [9.17, 15) is 4.79 Å². The van der Waals surface area contributed by atoms with Crippen molar-refractivity contribution in [2.75, 3.05) is 24.7 Å². The minimum atomic E-state index is -0.442. The Hall–Kier alpha value is 0.0300. The van der Waals surface area contributed by atoms with Crippen LogP contribution in [0.4, 0.5) is 0 Å². The first-order chi connectivity index (χ1) is 13.5. The molecule has 0 N–H and O–H groups in total. The number of hydrogen-bond acceptors (Lipinski definition) is 5. The molecule has 1 saturated carbocycles. The summed E-state index contributed by atoms with van der Waals surface area (Å²) >= 11 is 4.10. The molecular formula is C23H38O3S2. The lowest BCUT2D eigenvalue weighted by molar-refractivity contribution is -0.313. The van der Waals surface area contributed by atoms with E-state index >= 15 is 0 Å². The highest BCUT2D eigenvalue weighted by atomic mass is 32.2. The number of allylic oxidation sites excluding steroid dienone is 2. The number of ketones is 1. The molecule has 3 rings (SSSR count). The first kappa shape index (κ1) is 22.7. The van der Waals surface area contributed by atoms with Gasteiger partial charge >= 0.3 is 0 Å². The Bertz CT molecular complexity index is 530. The number of carbonyl (C=O) groups is 1. The van der Waals surface area contributed by atoms with Crippen LogP contribution < -0.4 is 0 Å². The molecule has 5 heteroatoms. The number of carbonyl (C=O) groups excluding carboxylic acids is 1. The van der Waals surface area contributed by atoms with E-state index in [1.54, 1.807) is 0 Å². The summed E-state index contributed by atoms with van der Waals surface area (Å²) in [5.74, 6) is 2.99. The largest absolute Gasteiger partial charge is 0.349 e. The number of unbranched alkanes of at least 4 members (excludes halogenated alkanes) is 4. The summed E-state index contributed by atoms with van der Waals surface area (Å²) in [5.41, 5.74) is 0.0907. The second-order valence-corrected chi connectivity index (χ2v) is 12.2. The third-order valence-corrected chi connectivity index (χ3v) is 9.40. The van der Waals surface area contributed by atoms with Gasteiger partial charge in [-0.05, 0) is 24.8 Å². The maximum atomic E-state index is 12.4. The van der Waals surface area contributed by atoms with Crippen LogP contribution in [0.15, 0.2) is 12.2 Å². The summed E-state index contributed by atoms with van der Waals surface area (Å²) in [6.45, 7) is 8.16. The molecule has 0 unspecified atom stereocenters. The third-order valence-electron chi connectivity index (χ3n) is 6.21. The summed E-state index contributed by atoms with van der Waals surface area (Å²) in [5, 5.41) is 0. The van der Waals surface area contributed by atoms with Crippen LogP contribution in [-0.4, -0.2) is 40.9 Å². The van der Waals surface area contributed by atoms with Crippen LogP contribution >= 0.6 is 23.5 Å². The summed E-state index contributed by atoms with van der Waals surface area (Å²) in [6.07, 6.45) is 12.7. The van der Waals surface area contributed by atoms with E-state index in [1.165, 1.54) is 37.2 Å². The Labute approximate surface area is 180 Å². The summed E-state index contributed by atoms with van der Waals surface area (Å²) < 4.78 is 13.4. The number of ether oxygens (including phenoxy) is 2. The van der Waals surface area contributed by atoms with Crippen molar-refractivity contribution in [2.45, 2.75) is 82.5 Å². The van der Waals surface area contributed by atoms with Gasteiger partial charge in [0.25, 0.3) is 0 Å². The monoisotopic (exact) mass is 426 g/mol. The fourth-order valence-electron chi connectivity index (χ4n) is 4.52. The SMILES string of the molecule is CCCCCCCC(=O)C=C[C@H]1CCC2(OCC(C)(C)CO2)[C@@H]1C1SCCS1. The molecule has 3 nitrogen and oxygen atoms in total. The Morgan fingerprint density at radius 3 is 2.43 bits per heavy atom. The van der Waals surface area contributed by atoms with Crippen molar-refractivity contribution >= 4 is 29.3 Å². The topological polar surface area (TPSA) is 35.5 Å². The van der Waals surface area contributed by atoms with Crippen LogP contribution in [-0.2, 0) is 14.3 Å². The van der Waals surface area contributed by atoms with Crippen LogP contribution in [0.25, 0.3) is 0 Å². The maximum Gasteiger partial charge on any atom is 0.173 e. The molecule has 2 saturated heterocycles. The minimum absolute atomic E-state index is 0.0907. The van der Waals surface area contributed by atoms with E-state index in [0.29, 0.717) is 22.8 Å². The lowest BCUT2D eigenvalue weighted by atomic mass is 9.90. The molecular weight excluding hydrogens is 388 g/mol. The second-order valence-electron chi connectivity index (χ2n) is 9.38. The van der Waals surface area contributed by atoms with E-state index in [0.717, 1.165) is 32.5 Å². The zero-order chi connectivity index (χ0) is 20.0. The third kappa shape index (κ3) is 5.80. The maximum absolute atomic E-state index is 12.4. The Morgan fingerprint density at radius 2 is 1.75 bits per heavy atom. The van der Waals surface area contributed by atoms with Gasteiger partial charge < -0.3 is 9.47 Å². The normalized spacial score (nSPS) is 29.8. The van der Waals surface area contributed by atoms with Crippen LogP contribution in [0.5, 0.6) is 0 Å². The highest BCUT2D eigenvalue weighted by molar-refractivity contribution is 8.20. The van der Waals surface area contributed by atoms with Crippen molar-refractivity contribution in [2.24, 2.45) is 17.3 Å². The van der Waals surface area contributed by atoms with Crippen LogP contribution in [0.3, 0.4) is 0 Å². The highest BCUT2D eigenvalue weighted by Crippen LogP contribution is 2.55. The summed E-state index contributed by atoms with van der Waals surface area (Å²) in [7, 11) is 0. The lowest BCUT2D eigenvalue weighted by Gasteiger charge is -2.46. The molecule has 3 aliphatic rings. The second kappa shape index (κ2) is 10.4. The molecule has 0 aromatic heterocycles. The molecule has 0 aromatic rings. The fourth-order valence-corrected chi connectivity index (χ4v) is 7.95. The van der Waals surface area contributed by atoms with E-state index in [-0.39, 0.29) is 11.2 Å². The van der Waals surface area contributed by atoms with Gasteiger partial charge in [0.1, 0.15) is 0 Å². The Morgan fingerprint density at radius 1 is 1.07 bits per heavy atom. The van der Waals surface area contributed by atoms with E-state index in [1.807, 2.05) is 6.08 Å². The highest BCUT2D eigenvalue weighted by Gasteiger charge is 2.56. The molecule has 28 heavy (non-hydrogen) atoms. The average molecular weight is 427 g/mol. The van der Waals surface area contributed by atoms with Gasteiger partial charge in [-0.1, -0.05) is 52.5 Å². The quantitative estimate of drug-likeness (QED) is 0.330. The molecule has 2 atom stereocenters. The van der Waals surface area contributed by atoms with Crippen molar-refractivity contribution in [3.05, 3.63) is 12.2 Å². The van der Waals surface area contributed by atoms with Gasteiger partial charge in [0.2, 0.25) is 0 Å². The number of thioether (sulfide) groups is 2.